The average Bonchev–Trinajstić information content (AvgIpc) is 2.98. The van der Waals surface area contributed by atoms with Crippen LogP contribution in [0.1, 0.15) is 24.2 Å². The molecule has 3 rings (SSSR count). The second kappa shape index (κ2) is 6.55. The molecule has 4 nitrogen and oxygen atoms in total. The van der Waals surface area contributed by atoms with E-state index in [0.29, 0.717) is 16.8 Å². The van der Waals surface area contributed by atoms with Gasteiger partial charge in [0.15, 0.2) is 0 Å². The highest BCUT2D eigenvalue weighted by atomic mass is 35.5. The first-order valence-electron chi connectivity index (χ1n) is 7.15. The summed E-state index contributed by atoms with van der Waals surface area (Å²) < 4.78 is 5.74. The van der Waals surface area contributed by atoms with Gasteiger partial charge in [-0.15, -0.1) is 0 Å². The van der Waals surface area contributed by atoms with Crippen molar-refractivity contribution in [3.05, 3.63) is 70.9 Å². The minimum atomic E-state index is -0.0107. The molecule has 1 aromatic heterocycles. The van der Waals surface area contributed by atoms with Gasteiger partial charge in [0, 0.05) is 10.6 Å². The predicted molar refractivity (Wildman–Crippen MR) is 90.1 cm³/mol. The topological polar surface area (TPSA) is 61.9 Å². The molecule has 1 N–H and O–H groups in total. The first-order chi connectivity index (χ1) is 11.2. The molecule has 0 aliphatic carbocycles. The zero-order valence-corrected chi connectivity index (χ0v) is 13.2. The van der Waals surface area contributed by atoms with E-state index >= 15 is 0 Å². The van der Waals surface area contributed by atoms with Crippen LogP contribution >= 0.6 is 11.6 Å². The van der Waals surface area contributed by atoms with E-state index in [-0.39, 0.29) is 11.7 Å². The Morgan fingerprint density at radius 1 is 1.17 bits per heavy atom. The van der Waals surface area contributed by atoms with Crippen LogP contribution in [0, 0.1) is 11.3 Å². The highest BCUT2D eigenvalue weighted by Gasteiger charge is 2.17. The number of anilines is 1. The van der Waals surface area contributed by atoms with Crippen LogP contribution < -0.4 is 5.32 Å². The van der Waals surface area contributed by atoms with Crippen molar-refractivity contribution in [1.29, 1.82) is 5.26 Å². The number of rotatable bonds is 4. The zero-order valence-electron chi connectivity index (χ0n) is 12.5. The van der Waals surface area contributed by atoms with Crippen LogP contribution in [0.25, 0.3) is 11.5 Å². The standard InChI is InChI=1S/C18H14ClN3O/c1-12(13-6-3-2-4-7-13)21-18-16(11-20)22-17(23-18)14-8-5-9-15(19)10-14/h2-10,12,21H,1H3. The van der Waals surface area contributed by atoms with Gasteiger partial charge in [-0.3, -0.25) is 0 Å². The smallest absolute Gasteiger partial charge is 0.233 e. The van der Waals surface area contributed by atoms with Gasteiger partial charge in [-0.05, 0) is 30.7 Å². The second-order valence-electron chi connectivity index (χ2n) is 5.10. The summed E-state index contributed by atoms with van der Waals surface area (Å²) >= 11 is 5.99. The van der Waals surface area contributed by atoms with Gasteiger partial charge in [-0.25, -0.2) is 0 Å². The zero-order chi connectivity index (χ0) is 16.2. The predicted octanol–water partition coefficient (Wildman–Crippen LogP) is 5.04. The second-order valence-corrected chi connectivity index (χ2v) is 5.53. The molecule has 5 heteroatoms. The molecule has 23 heavy (non-hydrogen) atoms. The van der Waals surface area contributed by atoms with Crippen molar-refractivity contribution in [2.24, 2.45) is 0 Å². The molecule has 0 bridgehead atoms. The fourth-order valence-corrected chi connectivity index (χ4v) is 2.45. The number of benzene rings is 2. The Labute approximate surface area is 139 Å². The van der Waals surface area contributed by atoms with Gasteiger partial charge < -0.3 is 9.73 Å². The first-order valence-corrected chi connectivity index (χ1v) is 7.53. The number of nitriles is 1. The quantitative estimate of drug-likeness (QED) is 0.730. The van der Waals surface area contributed by atoms with E-state index < -0.39 is 0 Å². The van der Waals surface area contributed by atoms with E-state index in [2.05, 4.69) is 16.4 Å². The number of nitrogens with one attached hydrogen (secondary N) is 1. The average molecular weight is 324 g/mol. The lowest BCUT2D eigenvalue weighted by Crippen LogP contribution is -2.06. The summed E-state index contributed by atoms with van der Waals surface area (Å²) in [5.74, 6) is 0.727. The molecule has 0 spiro atoms. The largest absolute Gasteiger partial charge is 0.419 e. The summed E-state index contributed by atoms with van der Waals surface area (Å²) in [6.07, 6.45) is 0. The highest BCUT2D eigenvalue weighted by molar-refractivity contribution is 6.30. The molecule has 1 unspecified atom stereocenters. The summed E-state index contributed by atoms with van der Waals surface area (Å²) in [7, 11) is 0. The van der Waals surface area contributed by atoms with Crippen molar-refractivity contribution in [2.45, 2.75) is 13.0 Å². The van der Waals surface area contributed by atoms with E-state index in [9.17, 15) is 5.26 Å². The Bertz CT molecular complexity index is 852. The number of halogens is 1. The van der Waals surface area contributed by atoms with E-state index in [1.54, 1.807) is 12.1 Å². The lowest BCUT2D eigenvalue weighted by molar-refractivity contribution is 0.578. The van der Waals surface area contributed by atoms with Crippen molar-refractivity contribution in [3.8, 4) is 17.5 Å². The van der Waals surface area contributed by atoms with Gasteiger partial charge in [0.1, 0.15) is 6.07 Å². The third kappa shape index (κ3) is 3.36. The third-order valence-corrected chi connectivity index (χ3v) is 3.69. The van der Waals surface area contributed by atoms with Crippen molar-refractivity contribution in [2.75, 3.05) is 5.32 Å². The van der Waals surface area contributed by atoms with Gasteiger partial charge >= 0.3 is 0 Å². The minimum Gasteiger partial charge on any atom is -0.419 e. The Morgan fingerprint density at radius 2 is 1.96 bits per heavy atom. The number of aromatic nitrogens is 1. The van der Waals surface area contributed by atoms with Crippen LogP contribution in [-0.2, 0) is 0 Å². The van der Waals surface area contributed by atoms with Crippen molar-refractivity contribution in [1.82, 2.24) is 4.98 Å². The Hall–Kier alpha value is -2.77. The molecular weight excluding hydrogens is 310 g/mol. The van der Waals surface area contributed by atoms with Crippen LogP contribution in [0.2, 0.25) is 5.02 Å². The SMILES string of the molecule is CC(Nc1oc(-c2cccc(Cl)c2)nc1C#N)c1ccccc1. The van der Waals surface area contributed by atoms with Gasteiger partial charge in [0.05, 0.1) is 6.04 Å². The van der Waals surface area contributed by atoms with Crippen molar-refractivity contribution in [3.63, 3.8) is 0 Å². The van der Waals surface area contributed by atoms with Gasteiger partial charge in [-0.2, -0.15) is 10.2 Å². The summed E-state index contributed by atoms with van der Waals surface area (Å²) in [6, 6.07) is 19.1. The molecule has 1 atom stereocenters. The molecule has 0 amide bonds. The van der Waals surface area contributed by atoms with Crippen LogP contribution in [0.5, 0.6) is 0 Å². The van der Waals surface area contributed by atoms with Crippen LogP contribution in [0.3, 0.4) is 0 Å². The Morgan fingerprint density at radius 3 is 2.65 bits per heavy atom. The lowest BCUT2D eigenvalue weighted by Gasteiger charge is -2.13. The van der Waals surface area contributed by atoms with Gasteiger partial charge in [0.25, 0.3) is 0 Å². The molecule has 0 aliphatic heterocycles. The molecule has 1 heterocycles. The molecular formula is C18H14ClN3O. The normalized spacial score (nSPS) is 11.7. The summed E-state index contributed by atoms with van der Waals surface area (Å²) in [5.41, 5.74) is 2.05. The Balaban J connectivity index is 1.90. The highest BCUT2D eigenvalue weighted by Crippen LogP contribution is 2.29. The van der Waals surface area contributed by atoms with Crippen molar-refractivity contribution >= 4 is 17.5 Å². The maximum atomic E-state index is 9.28. The molecule has 114 valence electrons. The van der Waals surface area contributed by atoms with Crippen molar-refractivity contribution < 1.29 is 4.42 Å². The van der Waals surface area contributed by atoms with E-state index in [1.807, 2.05) is 49.4 Å². The van der Waals surface area contributed by atoms with Crippen LogP contribution in [0.4, 0.5) is 5.88 Å². The van der Waals surface area contributed by atoms with E-state index in [1.165, 1.54) is 0 Å². The van der Waals surface area contributed by atoms with Gasteiger partial charge in [-0.1, -0.05) is 48.0 Å². The molecule has 2 aromatic carbocycles. The lowest BCUT2D eigenvalue weighted by atomic mass is 10.1. The fourth-order valence-electron chi connectivity index (χ4n) is 2.26. The molecule has 0 aliphatic rings. The number of hydrogen-bond donors (Lipinski definition) is 1. The van der Waals surface area contributed by atoms with Gasteiger partial charge in [0.2, 0.25) is 17.5 Å². The summed E-state index contributed by atoms with van der Waals surface area (Å²) in [6.45, 7) is 2.00. The van der Waals surface area contributed by atoms with Crippen LogP contribution in [0.15, 0.2) is 59.0 Å². The maximum Gasteiger partial charge on any atom is 0.233 e. The van der Waals surface area contributed by atoms with E-state index in [0.717, 1.165) is 11.1 Å². The molecule has 3 aromatic rings. The molecule has 0 saturated carbocycles. The van der Waals surface area contributed by atoms with Crippen LogP contribution in [-0.4, -0.2) is 4.98 Å². The monoisotopic (exact) mass is 323 g/mol. The Kier molecular flexibility index (Phi) is 4.31. The fraction of sp³-hybridized carbons (Fsp3) is 0.111. The third-order valence-electron chi connectivity index (χ3n) is 3.45. The molecule has 0 fully saturated rings. The molecule has 0 radical (unpaired) electrons. The maximum absolute atomic E-state index is 9.28. The first kappa shape index (κ1) is 15.1. The van der Waals surface area contributed by atoms with E-state index in [4.69, 9.17) is 16.0 Å². The number of hydrogen-bond acceptors (Lipinski definition) is 4. The number of nitrogens with zero attached hydrogens (tertiary/aromatic N) is 2. The summed E-state index contributed by atoms with van der Waals surface area (Å²) in [4.78, 5) is 4.24. The summed E-state index contributed by atoms with van der Waals surface area (Å²) in [5, 5.41) is 13.1. The number of oxazole rings is 1. The minimum absolute atomic E-state index is 0.0107. The molecule has 0 saturated heterocycles.